The average molecular weight is 2000 g/mol. The highest BCUT2D eigenvalue weighted by molar-refractivity contribution is 6.43. The lowest BCUT2D eigenvalue weighted by Gasteiger charge is -2.36. The number of carboxylic acids is 2. The lowest BCUT2D eigenvalue weighted by Crippen LogP contribution is -2.50. The summed E-state index contributed by atoms with van der Waals surface area (Å²) in [7, 11) is 7.22. The van der Waals surface area contributed by atoms with E-state index in [-0.39, 0.29) is 92.0 Å². The molecule has 5 amide bonds. The number of halogens is 7. The second-order valence-corrected chi connectivity index (χ2v) is 33.6. The van der Waals surface area contributed by atoms with E-state index in [4.69, 9.17) is 62.8 Å². The number of piperidine rings is 2. The first kappa shape index (κ1) is 111. The lowest BCUT2D eigenvalue weighted by molar-refractivity contribution is -0.193. The SMILES string of the molecule is CC#CCn1c(N2CCCCC2)nc2c(C#N)nn(C)c(=O)c21.CC#CCn1c(N2CCCCC2)nc2c(C(N)=O)nn(C)c(=O)c21.CC#CCn1c(N2CCN(C(=O)OC(C)(C)C)CC2)nc(C(=O)C(N)=O)c1C(=O)OC.CC#CCn1c(N2CCN(C(=O)OC(C)(C)C)CC2)nc2c(C(N)=O)nn(C)c(=O)c21.Cn1nc(Cl)c2c(ncn2Cc2ccccc2)c1=O.O=C(O)C(F)(F)F.O=C(O)C(F)(F)F. The number of primary amides is 3. The predicted molar refractivity (Wildman–Crippen MR) is 504 cm³/mol. The third-order valence-corrected chi connectivity index (χ3v) is 21.2. The van der Waals surface area contributed by atoms with Crippen molar-refractivity contribution in [3.05, 3.63) is 117 Å². The van der Waals surface area contributed by atoms with Crippen molar-refractivity contribution in [2.45, 2.75) is 164 Å². The number of nitrogens with zero attached hydrogens (tertiary/aromatic N) is 25. The normalized spacial score (nSPS) is 13.5. The van der Waals surface area contributed by atoms with Crippen LogP contribution in [0, 0.1) is 58.7 Å². The quantitative estimate of drug-likeness (QED) is 0.0223. The van der Waals surface area contributed by atoms with Crippen molar-refractivity contribution in [2.75, 3.05) is 105 Å². The summed E-state index contributed by atoms with van der Waals surface area (Å²) < 4.78 is 92.2. The van der Waals surface area contributed by atoms with Crippen LogP contribution >= 0.6 is 11.6 Å². The fraction of sp³-hybridized carbons (Fsp3) is 0.472. The number of ether oxygens (including phenoxy) is 3. The standard InChI is InChI=1S/C20H27N7O4.C20H27N5O6.C16H20N6O2.C16H18N6O.C13H11ClN4O.2C2HF3O2/c1-6-7-8-27-15-13(14(16(21)28)23-24(5)17(15)29)22-18(27)25-9-11-26(12-10-25)19(30)31-20(2,3)4;1-6-7-8-25-14(17(28)30-5)13(15(26)16(21)27)22-18(25)23-9-11-24(12-10-23)19(29)31-20(2,3)4;1-3-4-10-22-13-11(12(14(17)23)19-20(2)15(13)24)18-16(22)21-8-6-5-7-9-21;1-3-4-10-22-14-13(12(11-17)19-20(2)15(14)23)18-16(22)21-8-6-5-7-9-21;1-17-13(19)10-11(12(14)16-17)18(8-15-10)7-9-5-3-2-4-6-9;2*3-2(4,5)1(6)7/h8-12H2,1-5H3,(H2,21,28);8-12H2,1-5H3,(H2,21,27);5-10H2,1-2H3,(H2,17,23);5-10H2,1-2H3;2-6,8H,7H2,1H3;2*(H,6,7). The molecule has 0 radical (unpaired) electrons. The number of alkyl halides is 6. The lowest BCUT2D eigenvalue weighted by atomic mass is 10.1. The van der Waals surface area contributed by atoms with Gasteiger partial charge >= 0.3 is 42.4 Å². The van der Waals surface area contributed by atoms with E-state index in [0.717, 1.165) is 73.9 Å². The number of piperazine rings is 2. The zero-order chi connectivity index (χ0) is 105. The van der Waals surface area contributed by atoms with Gasteiger partial charge in [0, 0.05) is 113 Å². The second kappa shape index (κ2) is 48.3. The Morgan fingerprint density at radius 1 is 0.458 bits per heavy atom. The molecule has 46 nitrogen and oxygen atoms in total. The molecule has 0 aliphatic carbocycles. The van der Waals surface area contributed by atoms with Gasteiger partial charge in [0.15, 0.2) is 39.1 Å². The van der Waals surface area contributed by atoms with Crippen LogP contribution in [0.4, 0.5) is 59.7 Å². The highest BCUT2D eigenvalue weighted by Crippen LogP contribution is 2.31. The molecule has 4 saturated heterocycles. The van der Waals surface area contributed by atoms with Gasteiger partial charge in [0.1, 0.15) is 55.9 Å². The number of nitrogens with two attached hydrogens (primary N) is 3. The van der Waals surface area contributed by atoms with E-state index in [1.165, 1.54) is 40.9 Å². The van der Waals surface area contributed by atoms with Gasteiger partial charge in [-0.15, -0.1) is 23.7 Å². The maximum absolute atomic E-state index is 12.8. The number of carboxylic acid groups (broad SMARTS) is 2. The van der Waals surface area contributed by atoms with Crippen molar-refractivity contribution in [3.8, 4) is 53.4 Å². The van der Waals surface area contributed by atoms with Crippen LogP contribution in [-0.2, 0) is 89.5 Å². The van der Waals surface area contributed by atoms with E-state index in [0.29, 0.717) is 117 Å². The Balaban J connectivity index is 0.000000211. The first-order chi connectivity index (χ1) is 66.8. The number of carbonyl (C=O) groups is 9. The average Bonchev–Trinajstić information content (AvgIpc) is 1.60. The van der Waals surface area contributed by atoms with E-state index in [9.17, 15) is 84.3 Å². The fourth-order valence-corrected chi connectivity index (χ4v) is 14.6. The van der Waals surface area contributed by atoms with Crippen molar-refractivity contribution in [1.29, 1.82) is 5.26 Å². The Bertz CT molecular complexity index is 6970. The number of nitriles is 1. The number of aliphatic carboxylic acids is 2. The molecular weight excluding hydrogens is 1900 g/mol. The number of imidazole rings is 5. The molecule has 0 atom stereocenters. The van der Waals surface area contributed by atoms with E-state index < -0.39 is 76.6 Å². The van der Waals surface area contributed by atoms with Crippen LogP contribution in [0.5, 0.6) is 0 Å². The topological polar surface area (TPSA) is 572 Å². The third-order valence-electron chi connectivity index (χ3n) is 20.9. The van der Waals surface area contributed by atoms with E-state index >= 15 is 0 Å². The van der Waals surface area contributed by atoms with Crippen LogP contribution in [0.1, 0.15) is 161 Å². The molecule has 53 heteroatoms. The Hall–Kier alpha value is -16.3. The first-order valence-electron chi connectivity index (χ1n) is 43.5. The molecule has 1 aromatic carbocycles. The summed E-state index contributed by atoms with van der Waals surface area (Å²) in [6.45, 7) is 26.0. The number of aromatic nitrogens is 18. The molecule has 13 heterocycles. The van der Waals surface area contributed by atoms with Gasteiger partial charge in [0.05, 0.1) is 39.6 Å². The predicted octanol–water partition coefficient (Wildman–Crippen LogP) is 5.08. The number of amides is 5. The Labute approximate surface area is 810 Å². The maximum Gasteiger partial charge on any atom is 0.490 e. The van der Waals surface area contributed by atoms with Crippen molar-refractivity contribution in [2.24, 2.45) is 45.4 Å². The molecule has 4 aliphatic heterocycles. The molecule has 758 valence electrons. The Morgan fingerprint density at radius 2 is 0.803 bits per heavy atom. The number of carbonyl (C=O) groups excluding carboxylic acids is 7. The zero-order valence-corrected chi connectivity index (χ0v) is 81.0. The summed E-state index contributed by atoms with van der Waals surface area (Å²) in [4.78, 5) is 185. The molecule has 4 fully saturated rings. The summed E-state index contributed by atoms with van der Waals surface area (Å²) in [5.74, 6) is 14.9. The number of benzene rings is 1. The zero-order valence-electron chi connectivity index (χ0n) is 80.2. The molecule has 8 N–H and O–H groups in total. The first-order valence-corrected chi connectivity index (χ1v) is 43.9. The van der Waals surface area contributed by atoms with Crippen molar-refractivity contribution >= 4 is 133 Å². The van der Waals surface area contributed by atoms with Crippen LogP contribution in [0.2, 0.25) is 5.15 Å². The van der Waals surface area contributed by atoms with Crippen LogP contribution in [-0.4, -0.2) is 270 Å². The Kier molecular flexibility index (Phi) is 37.7. The van der Waals surface area contributed by atoms with Gasteiger partial charge in [0.2, 0.25) is 23.8 Å². The maximum atomic E-state index is 12.8. The molecule has 14 rings (SSSR count). The van der Waals surface area contributed by atoms with E-state index in [1.807, 2.05) is 71.2 Å². The van der Waals surface area contributed by atoms with Crippen molar-refractivity contribution < 1.29 is 93.9 Å². The van der Waals surface area contributed by atoms with Gasteiger partial charge in [0.25, 0.3) is 45.7 Å². The van der Waals surface area contributed by atoms with Crippen LogP contribution in [0.15, 0.2) is 55.8 Å². The van der Waals surface area contributed by atoms with Gasteiger partial charge in [-0.3, -0.25) is 56.6 Å². The molecule has 0 bridgehead atoms. The van der Waals surface area contributed by atoms with Crippen LogP contribution in [0.25, 0.3) is 44.1 Å². The Morgan fingerprint density at radius 3 is 1.15 bits per heavy atom. The third kappa shape index (κ3) is 27.8. The number of methoxy groups -OCH3 is 1. The second-order valence-electron chi connectivity index (χ2n) is 33.2. The van der Waals surface area contributed by atoms with E-state index in [2.05, 4.69) is 102 Å². The molecule has 142 heavy (non-hydrogen) atoms. The van der Waals surface area contributed by atoms with Gasteiger partial charge in [-0.05, 0) is 113 Å². The molecule has 10 aromatic rings. The number of ketones is 1. The molecule has 9 aromatic heterocycles. The number of esters is 1. The van der Waals surface area contributed by atoms with Gasteiger partial charge in [-0.1, -0.05) is 65.6 Å². The van der Waals surface area contributed by atoms with Crippen LogP contribution in [0.3, 0.4) is 0 Å². The summed E-state index contributed by atoms with van der Waals surface area (Å²) in [6.07, 6.45) is -2.61. The largest absolute Gasteiger partial charge is 0.490 e. The number of anilines is 4. The minimum atomic E-state index is -5.08. The number of aryl methyl sites for hydroxylation is 4. The van der Waals surface area contributed by atoms with Gasteiger partial charge in [-0.2, -0.15) is 52.0 Å². The fourth-order valence-electron chi connectivity index (χ4n) is 14.3. The number of rotatable bonds is 15. The summed E-state index contributed by atoms with van der Waals surface area (Å²) in [5.41, 5.74) is 16.9. The molecule has 4 aliphatic rings. The minimum Gasteiger partial charge on any atom is -0.475 e. The van der Waals surface area contributed by atoms with Gasteiger partial charge in [-0.25, -0.2) is 67.6 Å². The number of hydrogen-bond donors (Lipinski definition) is 5. The highest BCUT2D eigenvalue weighted by atomic mass is 35.5. The number of fused-ring (bicyclic) bond motifs is 4. The van der Waals surface area contributed by atoms with Crippen molar-refractivity contribution in [3.63, 3.8) is 0 Å². The van der Waals surface area contributed by atoms with Gasteiger partial charge < -0.3 is 75.6 Å². The summed E-state index contributed by atoms with van der Waals surface area (Å²) in [5, 5.41) is 39.8. The summed E-state index contributed by atoms with van der Waals surface area (Å²) >= 11 is 6.12. The smallest absolute Gasteiger partial charge is 0.475 e. The number of Topliss-reactive ketones (excluding diaryl/α,β-unsaturated/α-hetero) is 1. The molecule has 0 unspecified atom stereocenters. The monoisotopic (exact) mass is 2000 g/mol. The summed E-state index contributed by atoms with van der Waals surface area (Å²) in [6, 6.07) is 11.9. The van der Waals surface area contributed by atoms with Crippen molar-refractivity contribution in [1.82, 2.24) is 96.7 Å². The van der Waals surface area contributed by atoms with Crippen LogP contribution < -0.4 is 59.0 Å². The molecule has 0 saturated carbocycles. The molecular formula is C89H105ClF6N28O18. The molecule has 0 spiro atoms. The number of hydrogen-bond acceptors (Lipinski definition) is 30. The van der Waals surface area contributed by atoms with E-state index in [1.54, 1.807) is 92.7 Å². The highest BCUT2D eigenvalue weighted by Gasteiger charge is 2.41. The minimum absolute atomic E-state index is 0.00793.